The highest BCUT2D eigenvalue weighted by Gasteiger charge is 2.45. The molecule has 1 unspecified atom stereocenters. The van der Waals surface area contributed by atoms with Gasteiger partial charge in [-0.3, -0.25) is 14.5 Å². The van der Waals surface area contributed by atoms with Crippen molar-refractivity contribution in [2.24, 2.45) is 0 Å². The first-order valence-electron chi connectivity index (χ1n) is 9.24. The number of nitrogens with one attached hydrogen (secondary N) is 1. The van der Waals surface area contributed by atoms with Gasteiger partial charge in [-0.1, -0.05) is 13.3 Å². The van der Waals surface area contributed by atoms with Gasteiger partial charge in [-0.05, 0) is 24.1 Å². The molecule has 8 nitrogen and oxygen atoms in total. The van der Waals surface area contributed by atoms with Crippen molar-refractivity contribution in [2.45, 2.75) is 32.7 Å². The molecule has 2 aliphatic rings. The molecule has 1 saturated heterocycles. The molecular weight excluding hydrogens is 350 g/mol. The van der Waals surface area contributed by atoms with Gasteiger partial charge in [0.05, 0.1) is 20.8 Å². The number of ether oxygens (including phenoxy) is 2. The SMILES string of the molecule is CCCCN1C(=O)C(=O)N(C[NH+]2CCc3cc(OC)c(OC)cc3C2)C1=O. The molecule has 1 N–H and O–H groups in total. The Balaban J connectivity index is 1.72. The molecule has 27 heavy (non-hydrogen) atoms. The molecule has 0 spiro atoms. The predicted molar refractivity (Wildman–Crippen MR) is 96.5 cm³/mol. The topological polar surface area (TPSA) is 80.6 Å². The lowest BCUT2D eigenvalue weighted by atomic mass is 9.99. The van der Waals surface area contributed by atoms with Crippen LogP contribution in [0.5, 0.6) is 11.5 Å². The lowest BCUT2D eigenvalue weighted by Gasteiger charge is -2.28. The molecule has 0 aliphatic carbocycles. The van der Waals surface area contributed by atoms with Gasteiger partial charge < -0.3 is 14.4 Å². The number of urea groups is 1. The van der Waals surface area contributed by atoms with E-state index in [1.807, 2.05) is 19.1 Å². The standard InChI is InChI=1S/C19H25N3O5/c1-4-5-7-21-17(23)18(24)22(19(21)25)12-20-8-6-13-9-15(26-2)16(27-3)10-14(13)11-20/h9-10H,4-8,11-12H2,1-3H3/p+1. The molecular formula is C19H26N3O5+. The maximum Gasteiger partial charge on any atom is 0.338 e. The first kappa shape index (κ1) is 19.2. The van der Waals surface area contributed by atoms with E-state index in [4.69, 9.17) is 9.47 Å². The Morgan fingerprint density at radius 2 is 1.63 bits per heavy atom. The van der Waals surface area contributed by atoms with Crippen LogP contribution in [0.25, 0.3) is 0 Å². The highest BCUT2D eigenvalue weighted by atomic mass is 16.5. The number of carbonyl (C=O) groups is 3. The number of hydrogen-bond acceptors (Lipinski definition) is 5. The number of quaternary nitrogens is 1. The summed E-state index contributed by atoms with van der Waals surface area (Å²) in [6.45, 7) is 3.88. The number of amides is 4. The van der Waals surface area contributed by atoms with E-state index in [0.717, 1.165) is 39.6 Å². The van der Waals surface area contributed by atoms with Crippen molar-refractivity contribution in [1.29, 1.82) is 0 Å². The number of nitrogens with zero attached hydrogens (tertiary/aromatic N) is 2. The second kappa shape index (κ2) is 7.96. The molecule has 1 aromatic carbocycles. The number of fused-ring (bicyclic) bond motifs is 1. The molecule has 4 amide bonds. The van der Waals surface area contributed by atoms with Gasteiger partial charge in [0.1, 0.15) is 6.54 Å². The predicted octanol–water partition coefficient (Wildman–Crippen LogP) is 0.193. The first-order chi connectivity index (χ1) is 13.0. The minimum Gasteiger partial charge on any atom is -0.493 e. The summed E-state index contributed by atoms with van der Waals surface area (Å²) in [5.74, 6) is -0.0770. The molecule has 1 aromatic rings. The number of unbranched alkanes of at least 4 members (excludes halogenated alkanes) is 1. The van der Waals surface area contributed by atoms with Crippen LogP contribution in [0.4, 0.5) is 4.79 Å². The van der Waals surface area contributed by atoms with Crippen molar-refractivity contribution in [3.8, 4) is 11.5 Å². The summed E-state index contributed by atoms with van der Waals surface area (Å²) in [7, 11) is 3.20. The maximum absolute atomic E-state index is 12.5. The van der Waals surface area contributed by atoms with Crippen molar-refractivity contribution in [3.63, 3.8) is 0 Å². The summed E-state index contributed by atoms with van der Waals surface area (Å²) in [6, 6.07) is 3.43. The Morgan fingerprint density at radius 3 is 2.26 bits per heavy atom. The summed E-state index contributed by atoms with van der Waals surface area (Å²) in [5.41, 5.74) is 2.28. The van der Waals surface area contributed by atoms with E-state index in [9.17, 15) is 14.4 Å². The Hall–Kier alpha value is -2.61. The van der Waals surface area contributed by atoms with E-state index < -0.39 is 17.8 Å². The van der Waals surface area contributed by atoms with E-state index in [0.29, 0.717) is 31.0 Å². The lowest BCUT2D eigenvalue weighted by molar-refractivity contribution is -0.923. The number of imide groups is 2. The van der Waals surface area contributed by atoms with Crippen LogP contribution in [0, 0.1) is 0 Å². The zero-order valence-electron chi connectivity index (χ0n) is 16.0. The van der Waals surface area contributed by atoms with E-state index >= 15 is 0 Å². The molecule has 0 radical (unpaired) electrons. The Bertz CT molecular complexity index is 764. The van der Waals surface area contributed by atoms with Gasteiger partial charge in [-0.15, -0.1) is 0 Å². The lowest BCUT2D eigenvalue weighted by Crippen LogP contribution is -3.13. The molecule has 8 heteroatoms. The van der Waals surface area contributed by atoms with E-state index in [1.165, 1.54) is 5.56 Å². The van der Waals surface area contributed by atoms with Gasteiger partial charge >= 0.3 is 17.8 Å². The van der Waals surface area contributed by atoms with Crippen LogP contribution in [0.1, 0.15) is 30.9 Å². The molecule has 2 heterocycles. The van der Waals surface area contributed by atoms with Crippen molar-refractivity contribution in [1.82, 2.24) is 9.80 Å². The third-order valence-corrected chi connectivity index (χ3v) is 5.15. The van der Waals surface area contributed by atoms with Crippen molar-refractivity contribution in [2.75, 3.05) is 34.0 Å². The number of methoxy groups -OCH3 is 2. The fraction of sp³-hybridized carbons (Fsp3) is 0.526. The van der Waals surface area contributed by atoms with E-state index in [1.54, 1.807) is 14.2 Å². The summed E-state index contributed by atoms with van der Waals surface area (Å²) in [5, 5.41) is 0. The van der Waals surface area contributed by atoms with Crippen LogP contribution >= 0.6 is 0 Å². The van der Waals surface area contributed by atoms with Gasteiger partial charge in [0, 0.05) is 18.5 Å². The first-order valence-corrected chi connectivity index (χ1v) is 9.24. The average molecular weight is 376 g/mol. The van der Waals surface area contributed by atoms with Crippen LogP contribution < -0.4 is 14.4 Å². The normalized spacial score (nSPS) is 19.5. The Labute approximate surface area is 158 Å². The van der Waals surface area contributed by atoms with Crippen molar-refractivity contribution < 1.29 is 28.8 Å². The highest BCUT2D eigenvalue weighted by molar-refractivity contribution is 6.44. The summed E-state index contributed by atoms with van der Waals surface area (Å²) >= 11 is 0. The smallest absolute Gasteiger partial charge is 0.338 e. The zero-order chi connectivity index (χ0) is 19.6. The fourth-order valence-electron chi connectivity index (χ4n) is 3.59. The Morgan fingerprint density at radius 1 is 1.00 bits per heavy atom. The van der Waals surface area contributed by atoms with Crippen LogP contribution in [0.3, 0.4) is 0 Å². The number of hydrogen-bond donors (Lipinski definition) is 1. The second-order valence-electron chi connectivity index (χ2n) is 6.89. The summed E-state index contributed by atoms with van der Waals surface area (Å²) in [4.78, 5) is 40.1. The highest BCUT2D eigenvalue weighted by Crippen LogP contribution is 2.31. The van der Waals surface area contributed by atoms with Gasteiger partial charge in [0.2, 0.25) is 0 Å². The van der Waals surface area contributed by atoms with Gasteiger partial charge in [-0.2, -0.15) is 0 Å². The second-order valence-corrected chi connectivity index (χ2v) is 6.89. The number of rotatable bonds is 7. The van der Waals surface area contributed by atoms with E-state index in [-0.39, 0.29) is 6.67 Å². The molecule has 0 bridgehead atoms. The monoisotopic (exact) mass is 376 g/mol. The molecule has 2 aliphatic heterocycles. The zero-order valence-corrected chi connectivity index (χ0v) is 16.0. The van der Waals surface area contributed by atoms with Crippen LogP contribution in [-0.4, -0.2) is 61.6 Å². The average Bonchev–Trinajstić information content (AvgIpc) is 2.88. The fourth-order valence-corrected chi connectivity index (χ4v) is 3.59. The van der Waals surface area contributed by atoms with Gasteiger partial charge in [-0.25, -0.2) is 9.69 Å². The molecule has 1 fully saturated rings. The molecule has 1 atom stereocenters. The maximum atomic E-state index is 12.5. The third kappa shape index (κ3) is 3.62. The van der Waals surface area contributed by atoms with E-state index in [2.05, 4.69) is 0 Å². The molecule has 3 rings (SSSR count). The van der Waals surface area contributed by atoms with Crippen LogP contribution in [0.2, 0.25) is 0 Å². The minimum atomic E-state index is -0.721. The van der Waals surface area contributed by atoms with Crippen molar-refractivity contribution in [3.05, 3.63) is 23.3 Å². The largest absolute Gasteiger partial charge is 0.493 e. The molecule has 0 aromatic heterocycles. The quantitative estimate of drug-likeness (QED) is 0.543. The summed E-state index contributed by atoms with van der Waals surface area (Å²) in [6.07, 6.45) is 2.35. The Kier molecular flexibility index (Phi) is 5.65. The summed E-state index contributed by atoms with van der Waals surface area (Å²) < 4.78 is 10.7. The minimum absolute atomic E-state index is 0.194. The van der Waals surface area contributed by atoms with Gasteiger partial charge in [0.15, 0.2) is 18.2 Å². The van der Waals surface area contributed by atoms with Crippen LogP contribution in [0.15, 0.2) is 12.1 Å². The molecule has 146 valence electrons. The number of benzene rings is 1. The van der Waals surface area contributed by atoms with Gasteiger partial charge in [0.25, 0.3) is 0 Å². The molecule has 0 saturated carbocycles. The van der Waals surface area contributed by atoms with Crippen LogP contribution in [-0.2, 0) is 22.6 Å². The third-order valence-electron chi connectivity index (χ3n) is 5.15. The van der Waals surface area contributed by atoms with Crippen molar-refractivity contribution >= 4 is 17.8 Å². The number of carbonyl (C=O) groups excluding carboxylic acids is 3.